The highest BCUT2D eigenvalue weighted by atomic mass is 35.5. The van der Waals surface area contributed by atoms with Crippen LogP contribution in [0.1, 0.15) is 39.4 Å². The summed E-state index contributed by atoms with van der Waals surface area (Å²) in [5.74, 6) is 0. The fraction of sp³-hybridized carbons (Fsp3) is 0.545. The van der Waals surface area contributed by atoms with Crippen molar-refractivity contribution >= 4 is 22.6 Å². The molecule has 0 amide bonds. The van der Waals surface area contributed by atoms with Crippen molar-refractivity contribution in [2.75, 3.05) is 0 Å². The van der Waals surface area contributed by atoms with E-state index in [4.69, 9.17) is 11.6 Å². The van der Waals surface area contributed by atoms with E-state index in [0.717, 1.165) is 5.69 Å². The Bertz CT molecular complexity index is 373. The minimum atomic E-state index is -1.10. The molecule has 0 aliphatic heterocycles. The first-order valence-electron chi connectivity index (χ1n) is 5.10. The lowest BCUT2D eigenvalue weighted by molar-refractivity contribution is 0.611. The zero-order valence-electron chi connectivity index (χ0n) is 9.95. The van der Waals surface area contributed by atoms with Crippen LogP contribution in [0.5, 0.6) is 0 Å². The minimum absolute atomic E-state index is 0.0580. The molecule has 90 valence electrons. The number of hydrogen-bond donors (Lipinski definition) is 1. The zero-order chi connectivity index (χ0) is 12.3. The summed E-state index contributed by atoms with van der Waals surface area (Å²) in [6, 6.07) is 3.56. The predicted molar refractivity (Wildman–Crippen MR) is 68.7 cm³/mol. The molecule has 1 rings (SSSR count). The Morgan fingerprint density at radius 2 is 2.06 bits per heavy atom. The summed E-state index contributed by atoms with van der Waals surface area (Å²) >= 11 is 5.75. The van der Waals surface area contributed by atoms with Crippen LogP contribution in [0, 0.1) is 0 Å². The third kappa shape index (κ3) is 3.85. The molecule has 0 aliphatic carbocycles. The van der Waals surface area contributed by atoms with E-state index in [9.17, 15) is 4.21 Å². The Hall–Kier alpha value is -0.450. The van der Waals surface area contributed by atoms with E-state index in [1.165, 1.54) is 0 Å². The first kappa shape index (κ1) is 13.6. The Balaban J connectivity index is 2.69. The molecular weight excluding hydrogens is 244 g/mol. The topological polar surface area (TPSA) is 42.0 Å². The molecular formula is C11H17ClN2OS. The van der Waals surface area contributed by atoms with Crippen molar-refractivity contribution in [3.8, 4) is 0 Å². The Morgan fingerprint density at radius 3 is 2.50 bits per heavy atom. The van der Waals surface area contributed by atoms with Crippen molar-refractivity contribution in [2.45, 2.75) is 38.5 Å². The molecule has 1 unspecified atom stereocenters. The molecule has 1 aromatic rings. The second-order valence-electron chi connectivity index (χ2n) is 4.62. The second-order valence-corrected chi connectivity index (χ2v) is 7.06. The number of aromatic nitrogens is 1. The third-order valence-electron chi connectivity index (χ3n) is 2.03. The molecule has 0 radical (unpaired) electrons. The highest BCUT2D eigenvalue weighted by Gasteiger charge is 2.21. The quantitative estimate of drug-likeness (QED) is 0.908. The van der Waals surface area contributed by atoms with Gasteiger partial charge in [0.25, 0.3) is 0 Å². The maximum atomic E-state index is 11.9. The molecule has 2 atom stereocenters. The number of halogens is 1. The van der Waals surface area contributed by atoms with Gasteiger partial charge in [-0.3, -0.25) is 4.98 Å². The molecule has 0 spiro atoms. The van der Waals surface area contributed by atoms with Crippen LogP contribution in [0.2, 0.25) is 5.02 Å². The van der Waals surface area contributed by atoms with Crippen molar-refractivity contribution in [3.63, 3.8) is 0 Å². The van der Waals surface area contributed by atoms with Gasteiger partial charge in [0.2, 0.25) is 0 Å². The van der Waals surface area contributed by atoms with Gasteiger partial charge in [-0.1, -0.05) is 11.6 Å². The summed E-state index contributed by atoms with van der Waals surface area (Å²) < 4.78 is 14.6. The van der Waals surface area contributed by atoms with E-state index in [2.05, 4.69) is 9.71 Å². The summed E-state index contributed by atoms with van der Waals surface area (Å²) in [7, 11) is -1.10. The highest BCUT2D eigenvalue weighted by Crippen LogP contribution is 2.16. The number of pyridine rings is 1. The first-order chi connectivity index (χ1) is 7.30. The molecule has 16 heavy (non-hydrogen) atoms. The van der Waals surface area contributed by atoms with Crippen molar-refractivity contribution in [1.82, 2.24) is 9.71 Å². The summed E-state index contributed by atoms with van der Waals surface area (Å²) in [6.07, 6.45) is 1.59. The molecule has 3 nitrogen and oxygen atoms in total. The van der Waals surface area contributed by atoms with Gasteiger partial charge in [0.05, 0.1) is 32.5 Å². The normalized spacial score (nSPS) is 15.8. The molecule has 1 aromatic heterocycles. The molecule has 0 saturated carbocycles. The number of hydrogen-bond acceptors (Lipinski definition) is 2. The van der Waals surface area contributed by atoms with Crippen LogP contribution in [-0.4, -0.2) is 13.9 Å². The van der Waals surface area contributed by atoms with Gasteiger partial charge in [-0.25, -0.2) is 8.93 Å². The second kappa shape index (κ2) is 5.25. The standard InChI is InChI=1S/C11H17ClN2OS/c1-8(14-16(15)11(2,3)4)10-6-5-9(12)7-13-10/h5-8,14H,1-4H3/t8-,16?/m0/s1. The summed E-state index contributed by atoms with van der Waals surface area (Å²) in [6.45, 7) is 7.72. The molecule has 0 bridgehead atoms. The van der Waals surface area contributed by atoms with E-state index >= 15 is 0 Å². The van der Waals surface area contributed by atoms with E-state index in [0.29, 0.717) is 5.02 Å². The van der Waals surface area contributed by atoms with Gasteiger partial charge >= 0.3 is 0 Å². The fourth-order valence-corrected chi connectivity index (χ4v) is 1.95. The lowest BCUT2D eigenvalue weighted by Crippen LogP contribution is -2.35. The summed E-state index contributed by atoms with van der Waals surface area (Å²) in [5, 5.41) is 0.605. The maximum absolute atomic E-state index is 11.9. The molecule has 1 heterocycles. The van der Waals surface area contributed by atoms with Gasteiger partial charge in [0, 0.05) is 6.20 Å². The Morgan fingerprint density at radius 1 is 1.44 bits per heavy atom. The number of nitrogens with one attached hydrogen (secondary N) is 1. The van der Waals surface area contributed by atoms with Crippen LogP contribution in [0.3, 0.4) is 0 Å². The highest BCUT2D eigenvalue weighted by molar-refractivity contribution is 7.84. The molecule has 0 aromatic carbocycles. The lowest BCUT2D eigenvalue weighted by Gasteiger charge is -2.21. The molecule has 1 N–H and O–H groups in total. The minimum Gasteiger partial charge on any atom is -0.258 e. The van der Waals surface area contributed by atoms with Gasteiger partial charge in [0.1, 0.15) is 0 Å². The maximum Gasteiger partial charge on any atom is 0.0976 e. The van der Waals surface area contributed by atoms with Crippen molar-refractivity contribution < 1.29 is 4.21 Å². The first-order valence-corrected chi connectivity index (χ1v) is 6.63. The molecule has 5 heteroatoms. The van der Waals surface area contributed by atoms with Crippen LogP contribution < -0.4 is 4.72 Å². The third-order valence-corrected chi connectivity index (χ3v) is 3.94. The van der Waals surface area contributed by atoms with Crippen LogP contribution in [0.15, 0.2) is 18.3 Å². The SMILES string of the molecule is C[C@H](NS(=O)C(C)(C)C)c1ccc(Cl)cn1. The number of nitrogens with zero attached hydrogens (tertiary/aromatic N) is 1. The Kier molecular flexibility index (Phi) is 4.47. The number of rotatable bonds is 3. The van der Waals surface area contributed by atoms with E-state index in [-0.39, 0.29) is 10.8 Å². The van der Waals surface area contributed by atoms with Crippen LogP contribution >= 0.6 is 11.6 Å². The van der Waals surface area contributed by atoms with E-state index in [1.54, 1.807) is 12.3 Å². The van der Waals surface area contributed by atoms with Crippen LogP contribution in [-0.2, 0) is 11.0 Å². The largest absolute Gasteiger partial charge is 0.258 e. The van der Waals surface area contributed by atoms with Crippen LogP contribution in [0.25, 0.3) is 0 Å². The van der Waals surface area contributed by atoms with Gasteiger partial charge < -0.3 is 0 Å². The Labute approximate surface area is 104 Å². The fourth-order valence-electron chi connectivity index (χ4n) is 1.04. The monoisotopic (exact) mass is 260 g/mol. The summed E-state index contributed by atoms with van der Waals surface area (Å²) in [4.78, 5) is 4.18. The van der Waals surface area contributed by atoms with Crippen molar-refractivity contribution in [2.24, 2.45) is 0 Å². The zero-order valence-corrected chi connectivity index (χ0v) is 11.5. The average Bonchev–Trinajstić information content (AvgIpc) is 2.17. The predicted octanol–water partition coefficient (Wildman–Crippen LogP) is 2.85. The van der Waals surface area contributed by atoms with E-state index < -0.39 is 11.0 Å². The smallest absolute Gasteiger partial charge is 0.0976 e. The summed E-state index contributed by atoms with van der Waals surface area (Å²) in [5.41, 5.74) is 0.835. The van der Waals surface area contributed by atoms with Gasteiger partial charge in [-0.15, -0.1) is 0 Å². The van der Waals surface area contributed by atoms with E-state index in [1.807, 2.05) is 33.8 Å². The van der Waals surface area contributed by atoms with Gasteiger partial charge in [-0.05, 0) is 39.8 Å². The van der Waals surface area contributed by atoms with Gasteiger partial charge in [0.15, 0.2) is 0 Å². The molecule has 0 fully saturated rings. The van der Waals surface area contributed by atoms with Crippen LogP contribution in [0.4, 0.5) is 0 Å². The molecule has 0 aliphatic rings. The van der Waals surface area contributed by atoms with Crippen molar-refractivity contribution in [3.05, 3.63) is 29.0 Å². The average molecular weight is 261 g/mol. The van der Waals surface area contributed by atoms with Crippen molar-refractivity contribution in [1.29, 1.82) is 0 Å². The molecule has 0 saturated heterocycles. The lowest BCUT2D eigenvalue weighted by atomic mass is 10.2. The van der Waals surface area contributed by atoms with Gasteiger partial charge in [-0.2, -0.15) is 0 Å².